The van der Waals surface area contributed by atoms with E-state index in [1.54, 1.807) is 6.92 Å². The Hall–Kier alpha value is -2.96. The van der Waals surface area contributed by atoms with Crippen molar-refractivity contribution < 1.29 is 9.21 Å². The largest absolute Gasteiger partial charge is 0.420 e. The highest BCUT2D eigenvalue weighted by atomic mass is 16.4. The number of aryl methyl sites for hydroxylation is 2. The maximum atomic E-state index is 13.2. The van der Waals surface area contributed by atoms with Gasteiger partial charge in [0.25, 0.3) is 11.8 Å². The van der Waals surface area contributed by atoms with Gasteiger partial charge in [-0.05, 0) is 55.9 Å². The van der Waals surface area contributed by atoms with Crippen molar-refractivity contribution in [2.75, 3.05) is 7.05 Å². The lowest BCUT2D eigenvalue weighted by Gasteiger charge is -2.31. The van der Waals surface area contributed by atoms with Crippen LogP contribution in [-0.4, -0.2) is 43.9 Å². The average Bonchev–Trinajstić information content (AvgIpc) is 3.43. The molecule has 0 radical (unpaired) electrons. The molecule has 2 aromatic heterocycles. The molecule has 1 aromatic carbocycles. The molecule has 0 bridgehead atoms. The highest BCUT2D eigenvalue weighted by Gasteiger charge is 2.23. The number of carbonyl (C=O) groups is 1. The summed E-state index contributed by atoms with van der Waals surface area (Å²) in [5.41, 5.74) is 3.28. The van der Waals surface area contributed by atoms with E-state index in [-0.39, 0.29) is 5.91 Å². The number of nitrogens with zero attached hydrogens (tertiary/aromatic N) is 5. The minimum absolute atomic E-state index is 0.0717. The third kappa shape index (κ3) is 4.92. The monoisotopic (exact) mass is 435 g/mol. The normalized spacial score (nSPS) is 14.8. The van der Waals surface area contributed by atoms with Gasteiger partial charge in [-0.15, -0.1) is 10.2 Å². The van der Waals surface area contributed by atoms with Gasteiger partial charge in [-0.25, -0.2) is 4.68 Å². The zero-order valence-electron chi connectivity index (χ0n) is 19.5. The van der Waals surface area contributed by atoms with Gasteiger partial charge in [-0.2, -0.15) is 5.10 Å². The molecule has 2 heterocycles. The van der Waals surface area contributed by atoms with Crippen LogP contribution >= 0.6 is 0 Å². The van der Waals surface area contributed by atoms with Crippen LogP contribution in [0.2, 0.25) is 0 Å². The molecule has 0 unspecified atom stereocenters. The van der Waals surface area contributed by atoms with Gasteiger partial charge in [0.1, 0.15) is 5.69 Å². The molecule has 1 fully saturated rings. The van der Waals surface area contributed by atoms with E-state index in [1.807, 2.05) is 47.0 Å². The molecule has 1 amide bonds. The number of aromatic nitrogens is 4. The molecule has 32 heavy (non-hydrogen) atoms. The molecular formula is C25H33N5O2. The van der Waals surface area contributed by atoms with E-state index in [9.17, 15) is 4.79 Å². The summed E-state index contributed by atoms with van der Waals surface area (Å²) in [5.74, 6) is 1.57. The predicted octanol–water partition coefficient (Wildman–Crippen LogP) is 5.22. The van der Waals surface area contributed by atoms with Gasteiger partial charge in [0, 0.05) is 31.3 Å². The summed E-state index contributed by atoms with van der Waals surface area (Å²) < 4.78 is 7.51. The van der Waals surface area contributed by atoms with E-state index in [0.29, 0.717) is 35.0 Å². The fourth-order valence-corrected chi connectivity index (χ4v) is 4.37. The van der Waals surface area contributed by atoms with Crippen molar-refractivity contribution in [1.82, 2.24) is 24.9 Å². The Kier molecular flexibility index (Phi) is 6.72. The van der Waals surface area contributed by atoms with E-state index in [0.717, 1.165) is 37.1 Å². The second-order valence-electron chi connectivity index (χ2n) is 9.25. The fraction of sp³-hybridized carbons (Fsp3) is 0.520. The number of carbonyl (C=O) groups excluding carboxylic acids is 1. The second kappa shape index (κ2) is 9.67. The number of hydrogen-bond acceptors (Lipinski definition) is 5. The quantitative estimate of drug-likeness (QED) is 0.508. The van der Waals surface area contributed by atoms with E-state index in [2.05, 4.69) is 24.0 Å². The maximum absolute atomic E-state index is 13.2. The lowest BCUT2D eigenvalue weighted by atomic mass is 9.94. The Bertz CT molecular complexity index is 1060. The highest BCUT2D eigenvalue weighted by Crippen LogP contribution is 2.25. The van der Waals surface area contributed by atoms with Crippen LogP contribution in [0.5, 0.6) is 0 Å². The summed E-state index contributed by atoms with van der Waals surface area (Å²) in [6.07, 6.45) is 7.77. The van der Waals surface area contributed by atoms with Crippen LogP contribution in [0.1, 0.15) is 74.3 Å². The minimum atomic E-state index is 0.0717. The molecule has 7 heteroatoms. The molecule has 0 spiro atoms. The van der Waals surface area contributed by atoms with Crippen molar-refractivity contribution in [2.45, 2.75) is 71.8 Å². The molecule has 170 valence electrons. The highest BCUT2D eigenvalue weighted by molar-refractivity contribution is 5.94. The molecule has 0 atom stereocenters. The Morgan fingerprint density at radius 1 is 1.19 bits per heavy atom. The summed E-state index contributed by atoms with van der Waals surface area (Å²) >= 11 is 0. The topological polar surface area (TPSA) is 77.1 Å². The van der Waals surface area contributed by atoms with Crippen LogP contribution in [0.25, 0.3) is 17.3 Å². The van der Waals surface area contributed by atoms with E-state index in [1.165, 1.54) is 19.3 Å². The Labute approximate surface area is 189 Å². The Morgan fingerprint density at radius 2 is 1.97 bits per heavy atom. The van der Waals surface area contributed by atoms with Crippen molar-refractivity contribution >= 4 is 5.91 Å². The van der Waals surface area contributed by atoms with E-state index in [4.69, 9.17) is 9.52 Å². The second-order valence-corrected chi connectivity index (χ2v) is 9.25. The van der Waals surface area contributed by atoms with Crippen LogP contribution in [0.15, 0.2) is 34.7 Å². The van der Waals surface area contributed by atoms with Crippen molar-refractivity contribution in [3.8, 4) is 17.3 Å². The van der Waals surface area contributed by atoms with E-state index >= 15 is 0 Å². The Balaban J connectivity index is 1.64. The van der Waals surface area contributed by atoms with Gasteiger partial charge in [0.15, 0.2) is 0 Å². The van der Waals surface area contributed by atoms with Crippen LogP contribution in [0.3, 0.4) is 0 Å². The third-order valence-corrected chi connectivity index (χ3v) is 6.29. The lowest BCUT2D eigenvalue weighted by Crippen LogP contribution is -2.38. The lowest BCUT2D eigenvalue weighted by molar-refractivity contribution is 0.0696. The molecule has 0 aliphatic heterocycles. The number of amides is 1. The molecule has 7 nitrogen and oxygen atoms in total. The Morgan fingerprint density at radius 3 is 2.66 bits per heavy atom. The van der Waals surface area contributed by atoms with Crippen LogP contribution in [-0.2, 0) is 6.42 Å². The smallest absolute Gasteiger partial charge is 0.268 e. The molecule has 1 aliphatic carbocycles. The molecule has 0 N–H and O–H groups in total. The molecule has 1 saturated carbocycles. The first kappa shape index (κ1) is 22.2. The first-order chi connectivity index (χ1) is 15.4. The SMILES string of the molecule is Cc1nnc(-c2cc(CCC(C)C)n(-c3cccc(C(=O)N(C)C4CCCCC4)c3)n2)o1. The summed E-state index contributed by atoms with van der Waals surface area (Å²) in [6, 6.07) is 10.1. The van der Waals surface area contributed by atoms with E-state index < -0.39 is 0 Å². The first-order valence-electron chi connectivity index (χ1n) is 11.7. The fourth-order valence-electron chi connectivity index (χ4n) is 4.37. The van der Waals surface area contributed by atoms with Crippen LogP contribution in [0.4, 0.5) is 0 Å². The summed E-state index contributed by atoms with van der Waals surface area (Å²) in [5, 5.41) is 12.8. The van der Waals surface area contributed by atoms with Gasteiger partial charge < -0.3 is 9.32 Å². The number of hydrogen-bond donors (Lipinski definition) is 0. The summed E-state index contributed by atoms with van der Waals surface area (Å²) in [4.78, 5) is 15.1. The summed E-state index contributed by atoms with van der Waals surface area (Å²) in [6.45, 7) is 6.19. The number of benzene rings is 1. The van der Waals surface area contributed by atoms with Crippen molar-refractivity contribution in [3.63, 3.8) is 0 Å². The standard InChI is InChI=1S/C25H33N5O2/c1-17(2)13-14-22-16-23(24-27-26-18(3)32-24)28-30(22)21-12-8-9-19(15-21)25(31)29(4)20-10-6-5-7-11-20/h8-9,12,15-17,20H,5-7,10-11,13-14H2,1-4H3. The third-order valence-electron chi connectivity index (χ3n) is 6.29. The van der Waals surface area contributed by atoms with Gasteiger partial charge in [0.2, 0.25) is 5.89 Å². The zero-order chi connectivity index (χ0) is 22.7. The van der Waals surface area contributed by atoms with Crippen molar-refractivity contribution in [1.29, 1.82) is 0 Å². The van der Waals surface area contributed by atoms with Crippen LogP contribution in [0, 0.1) is 12.8 Å². The minimum Gasteiger partial charge on any atom is -0.420 e. The van der Waals surface area contributed by atoms with Gasteiger partial charge in [-0.3, -0.25) is 4.79 Å². The van der Waals surface area contributed by atoms with Gasteiger partial charge >= 0.3 is 0 Å². The molecule has 1 aliphatic rings. The van der Waals surface area contributed by atoms with Gasteiger partial charge in [0.05, 0.1) is 5.69 Å². The molecule has 4 rings (SSSR count). The zero-order valence-corrected chi connectivity index (χ0v) is 19.5. The summed E-state index contributed by atoms with van der Waals surface area (Å²) in [7, 11) is 1.93. The first-order valence-corrected chi connectivity index (χ1v) is 11.7. The molecule has 0 saturated heterocycles. The maximum Gasteiger partial charge on any atom is 0.268 e. The van der Waals surface area contributed by atoms with Crippen molar-refractivity contribution in [2.24, 2.45) is 5.92 Å². The molecule has 3 aromatic rings. The predicted molar refractivity (Wildman–Crippen MR) is 124 cm³/mol. The molecular weight excluding hydrogens is 402 g/mol. The van der Waals surface area contributed by atoms with Gasteiger partial charge in [-0.1, -0.05) is 39.2 Å². The van der Waals surface area contributed by atoms with Crippen LogP contribution < -0.4 is 0 Å². The van der Waals surface area contributed by atoms with Crippen molar-refractivity contribution in [3.05, 3.63) is 47.5 Å². The average molecular weight is 436 g/mol. The number of rotatable bonds is 7.